The number of ether oxygens (including phenoxy) is 4. The van der Waals surface area contributed by atoms with Crippen LogP contribution in [0, 0.1) is 11.8 Å². The Balaban J connectivity index is 2.05. The van der Waals surface area contributed by atoms with E-state index in [0.717, 1.165) is 37.4 Å². The SMILES string of the molecule is CCC(CC)C/C=C(\OCOC)N(COC)C(=O)Cc1cc(OCCC2CC2)ccn1. The quantitative estimate of drug-likeness (QED) is 0.281. The average Bonchev–Trinajstić information content (AvgIpc) is 3.60. The van der Waals surface area contributed by atoms with Crippen molar-refractivity contribution in [3.8, 4) is 5.75 Å². The molecule has 174 valence electrons. The third-order valence-electron chi connectivity index (χ3n) is 5.54. The molecule has 1 amide bonds. The smallest absolute Gasteiger partial charge is 0.237 e. The molecule has 0 N–H and O–H groups in total. The Bertz CT molecular complexity index is 686. The van der Waals surface area contributed by atoms with Crippen LogP contribution in [0.4, 0.5) is 0 Å². The maximum absolute atomic E-state index is 13.1. The molecule has 2 rings (SSSR count). The van der Waals surface area contributed by atoms with Gasteiger partial charge in [-0.15, -0.1) is 0 Å². The van der Waals surface area contributed by atoms with Crippen LogP contribution in [0.5, 0.6) is 5.75 Å². The van der Waals surface area contributed by atoms with E-state index in [2.05, 4.69) is 18.8 Å². The van der Waals surface area contributed by atoms with E-state index in [0.29, 0.717) is 24.1 Å². The highest BCUT2D eigenvalue weighted by molar-refractivity contribution is 5.79. The van der Waals surface area contributed by atoms with Gasteiger partial charge in [0.1, 0.15) is 12.5 Å². The second kappa shape index (κ2) is 14.0. The molecule has 0 saturated heterocycles. The Morgan fingerprint density at radius 2 is 2.03 bits per heavy atom. The third-order valence-corrected chi connectivity index (χ3v) is 5.54. The number of rotatable bonds is 16. The van der Waals surface area contributed by atoms with Crippen molar-refractivity contribution in [2.75, 3.05) is 34.4 Å². The molecule has 0 radical (unpaired) electrons. The number of aromatic nitrogens is 1. The fourth-order valence-corrected chi connectivity index (χ4v) is 3.29. The number of hydrogen-bond donors (Lipinski definition) is 0. The average molecular weight is 435 g/mol. The number of nitrogens with zero attached hydrogens (tertiary/aromatic N) is 2. The van der Waals surface area contributed by atoms with Gasteiger partial charge in [-0.2, -0.15) is 0 Å². The van der Waals surface area contributed by atoms with Crippen molar-refractivity contribution in [2.24, 2.45) is 11.8 Å². The molecule has 0 unspecified atom stereocenters. The van der Waals surface area contributed by atoms with E-state index < -0.39 is 0 Å². The predicted octanol–water partition coefficient (Wildman–Crippen LogP) is 4.52. The Labute approximate surface area is 186 Å². The summed E-state index contributed by atoms with van der Waals surface area (Å²) in [6, 6.07) is 3.66. The van der Waals surface area contributed by atoms with Crippen LogP contribution in [0.15, 0.2) is 30.3 Å². The van der Waals surface area contributed by atoms with Crippen molar-refractivity contribution in [2.45, 2.75) is 58.8 Å². The molecule has 1 aromatic heterocycles. The van der Waals surface area contributed by atoms with Crippen molar-refractivity contribution in [1.82, 2.24) is 9.88 Å². The van der Waals surface area contributed by atoms with Crippen molar-refractivity contribution in [1.29, 1.82) is 0 Å². The molecule has 0 bridgehead atoms. The highest BCUT2D eigenvalue weighted by Gasteiger charge is 2.22. The van der Waals surface area contributed by atoms with Gasteiger partial charge in [-0.3, -0.25) is 14.7 Å². The predicted molar refractivity (Wildman–Crippen MR) is 119 cm³/mol. The fourth-order valence-electron chi connectivity index (χ4n) is 3.29. The summed E-state index contributed by atoms with van der Waals surface area (Å²) >= 11 is 0. The van der Waals surface area contributed by atoms with Crippen LogP contribution in [0.2, 0.25) is 0 Å². The molecular weight excluding hydrogens is 396 g/mol. The molecule has 1 fully saturated rings. The van der Waals surface area contributed by atoms with Crippen LogP contribution in [0.1, 0.15) is 58.1 Å². The molecule has 31 heavy (non-hydrogen) atoms. The van der Waals surface area contributed by atoms with Crippen LogP contribution in [0.25, 0.3) is 0 Å². The van der Waals surface area contributed by atoms with E-state index in [-0.39, 0.29) is 25.9 Å². The van der Waals surface area contributed by atoms with Crippen LogP contribution in [-0.2, 0) is 25.4 Å². The van der Waals surface area contributed by atoms with E-state index in [1.807, 2.05) is 18.2 Å². The summed E-state index contributed by atoms with van der Waals surface area (Å²) < 4.78 is 21.9. The third kappa shape index (κ3) is 9.27. The van der Waals surface area contributed by atoms with Gasteiger partial charge in [0, 0.05) is 26.5 Å². The normalized spacial score (nSPS) is 14.0. The Kier molecular flexibility index (Phi) is 11.4. The van der Waals surface area contributed by atoms with E-state index >= 15 is 0 Å². The lowest BCUT2D eigenvalue weighted by atomic mass is 9.99. The highest BCUT2D eigenvalue weighted by atomic mass is 16.7. The van der Waals surface area contributed by atoms with E-state index in [9.17, 15) is 4.79 Å². The van der Waals surface area contributed by atoms with Gasteiger partial charge in [-0.25, -0.2) is 0 Å². The second-order valence-electron chi connectivity index (χ2n) is 7.99. The number of pyridine rings is 1. The maximum atomic E-state index is 13.1. The first-order valence-corrected chi connectivity index (χ1v) is 11.3. The lowest BCUT2D eigenvalue weighted by Crippen LogP contribution is -2.35. The summed E-state index contributed by atoms with van der Waals surface area (Å²) in [4.78, 5) is 19.0. The largest absolute Gasteiger partial charge is 0.493 e. The van der Waals surface area contributed by atoms with Crippen LogP contribution >= 0.6 is 0 Å². The van der Waals surface area contributed by atoms with Gasteiger partial charge in [-0.1, -0.05) is 39.5 Å². The molecule has 7 nitrogen and oxygen atoms in total. The molecular formula is C24H38N2O5. The summed E-state index contributed by atoms with van der Waals surface area (Å²) in [5.41, 5.74) is 0.654. The minimum absolute atomic E-state index is 0.0603. The number of carbonyl (C=O) groups excluding carboxylic acids is 1. The monoisotopic (exact) mass is 434 g/mol. The zero-order valence-corrected chi connectivity index (χ0v) is 19.5. The molecule has 7 heteroatoms. The number of carbonyl (C=O) groups is 1. The molecule has 1 heterocycles. The van der Waals surface area contributed by atoms with E-state index in [1.165, 1.54) is 17.7 Å². The standard InChI is InChI=1S/C24H38N2O5/c1-5-19(6-2)9-10-24(31-18-29-4)26(17-28-3)23(27)16-21-15-22(11-13-25-21)30-14-12-20-7-8-20/h10-11,13,15,19-20H,5-9,12,14,16-18H2,1-4H3/b24-10-. The van der Waals surface area contributed by atoms with Crippen LogP contribution < -0.4 is 4.74 Å². The number of methoxy groups -OCH3 is 2. The molecule has 0 aromatic carbocycles. The van der Waals surface area contributed by atoms with E-state index in [1.54, 1.807) is 20.4 Å². The van der Waals surface area contributed by atoms with Gasteiger partial charge >= 0.3 is 0 Å². The first-order chi connectivity index (χ1) is 15.1. The van der Waals surface area contributed by atoms with Crippen LogP contribution in [0.3, 0.4) is 0 Å². The Hall–Kier alpha value is -2.12. The second-order valence-corrected chi connectivity index (χ2v) is 7.99. The fraction of sp³-hybridized carbons (Fsp3) is 0.667. The number of amides is 1. The number of hydrogen-bond acceptors (Lipinski definition) is 6. The lowest BCUT2D eigenvalue weighted by molar-refractivity contribution is -0.138. The minimum atomic E-state index is -0.156. The van der Waals surface area contributed by atoms with Gasteiger partial charge in [0.15, 0.2) is 12.7 Å². The molecule has 0 spiro atoms. The maximum Gasteiger partial charge on any atom is 0.237 e. The molecule has 1 saturated carbocycles. The Morgan fingerprint density at radius 1 is 1.26 bits per heavy atom. The first-order valence-electron chi connectivity index (χ1n) is 11.3. The lowest BCUT2D eigenvalue weighted by Gasteiger charge is -2.25. The first kappa shape index (κ1) is 25.1. The van der Waals surface area contributed by atoms with E-state index in [4.69, 9.17) is 18.9 Å². The van der Waals surface area contributed by atoms with Gasteiger partial charge < -0.3 is 18.9 Å². The van der Waals surface area contributed by atoms with Crippen molar-refractivity contribution in [3.63, 3.8) is 0 Å². The zero-order chi connectivity index (χ0) is 22.5. The summed E-state index contributed by atoms with van der Waals surface area (Å²) in [5.74, 6) is 2.40. The van der Waals surface area contributed by atoms with Crippen LogP contribution in [-0.4, -0.2) is 50.1 Å². The van der Waals surface area contributed by atoms with Gasteiger partial charge in [0.05, 0.1) is 18.7 Å². The molecule has 1 aliphatic rings. The summed E-state index contributed by atoms with van der Waals surface area (Å²) in [7, 11) is 3.11. The molecule has 1 aromatic rings. The highest BCUT2D eigenvalue weighted by Crippen LogP contribution is 2.32. The number of allylic oxidation sites excluding steroid dienone is 1. The molecule has 0 atom stereocenters. The van der Waals surface area contributed by atoms with Gasteiger partial charge in [-0.05, 0) is 36.8 Å². The van der Waals surface area contributed by atoms with Gasteiger partial charge in [0.2, 0.25) is 5.91 Å². The summed E-state index contributed by atoms with van der Waals surface area (Å²) in [5, 5.41) is 0. The Morgan fingerprint density at radius 3 is 2.68 bits per heavy atom. The molecule has 1 aliphatic carbocycles. The topological polar surface area (TPSA) is 70.1 Å². The van der Waals surface area contributed by atoms with Crippen molar-refractivity contribution >= 4 is 5.91 Å². The summed E-state index contributed by atoms with van der Waals surface area (Å²) in [6.07, 6.45) is 10.4. The van der Waals surface area contributed by atoms with Gasteiger partial charge in [0.25, 0.3) is 0 Å². The molecule has 0 aliphatic heterocycles. The summed E-state index contributed by atoms with van der Waals surface area (Å²) in [6.45, 7) is 5.19. The minimum Gasteiger partial charge on any atom is -0.493 e. The van der Waals surface area contributed by atoms with Crippen molar-refractivity contribution < 1.29 is 23.7 Å². The van der Waals surface area contributed by atoms with Crippen molar-refractivity contribution in [3.05, 3.63) is 36.0 Å². The zero-order valence-electron chi connectivity index (χ0n) is 19.5.